The Labute approximate surface area is 186 Å². The Bertz CT molecular complexity index is 1240. The number of aryl methyl sites for hydroxylation is 2. The van der Waals surface area contributed by atoms with Gasteiger partial charge in [0, 0.05) is 43.4 Å². The third-order valence-electron chi connectivity index (χ3n) is 6.62. The van der Waals surface area contributed by atoms with Crippen molar-refractivity contribution >= 4 is 34.7 Å². The van der Waals surface area contributed by atoms with Crippen molar-refractivity contribution in [2.45, 2.75) is 26.3 Å². The first-order chi connectivity index (χ1) is 15.4. The van der Waals surface area contributed by atoms with Gasteiger partial charge in [0.15, 0.2) is 0 Å². The van der Waals surface area contributed by atoms with Crippen molar-refractivity contribution in [1.82, 2.24) is 15.2 Å². The SMILES string of the molecule is Cc1c(CN(C)C(=O)/C=C/c2cnc3c(c2)CCC2(CNC2)C(=O)N3)oc2ccccc12. The lowest BCUT2D eigenvalue weighted by Gasteiger charge is -2.39. The number of anilines is 1. The summed E-state index contributed by atoms with van der Waals surface area (Å²) in [6.45, 7) is 3.84. The molecule has 0 bridgehead atoms. The van der Waals surface area contributed by atoms with Gasteiger partial charge in [-0.05, 0) is 49.1 Å². The van der Waals surface area contributed by atoms with Gasteiger partial charge in [-0.3, -0.25) is 9.59 Å². The highest BCUT2D eigenvalue weighted by atomic mass is 16.3. The van der Waals surface area contributed by atoms with Crippen LogP contribution in [0.5, 0.6) is 0 Å². The van der Waals surface area contributed by atoms with E-state index in [1.54, 1.807) is 30.3 Å². The van der Waals surface area contributed by atoms with E-state index in [0.29, 0.717) is 25.5 Å². The number of aromatic nitrogens is 1. The van der Waals surface area contributed by atoms with Crippen LogP contribution in [0.1, 0.15) is 28.9 Å². The molecule has 1 saturated heterocycles. The second-order valence-corrected chi connectivity index (χ2v) is 8.79. The van der Waals surface area contributed by atoms with Gasteiger partial charge in [-0.2, -0.15) is 0 Å². The van der Waals surface area contributed by atoms with Gasteiger partial charge in [-0.25, -0.2) is 4.98 Å². The van der Waals surface area contributed by atoms with Crippen LogP contribution in [0.15, 0.2) is 47.0 Å². The van der Waals surface area contributed by atoms with Gasteiger partial charge < -0.3 is 20.0 Å². The van der Waals surface area contributed by atoms with Gasteiger partial charge in [0.2, 0.25) is 11.8 Å². The standard InChI is InChI=1S/C25H26N4O3/c1-16-19-5-3-4-6-20(19)32-21(16)13-29(2)22(30)8-7-17-11-18-9-10-25(14-26-15-25)24(31)28-23(18)27-12-17/h3-8,11-12,26H,9-10,13-15H2,1-2H3,(H,27,28,31)/b8-7+. The van der Waals surface area contributed by atoms with Crippen LogP contribution in [0.2, 0.25) is 0 Å². The molecule has 0 saturated carbocycles. The van der Waals surface area contributed by atoms with Crippen LogP contribution in [0, 0.1) is 12.3 Å². The molecule has 1 fully saturated rings. The second-order valence-electron chi connectivity index (χ2n) is 8.79. The first-order valence-corrected chi connectivity index (χ1v) is 10.9. The molecule has 4 heterocycles. The molecule has 7 nitrogen and oxygen atoms in total. The number of benzene rings is 1. The van der Waals surface area contributed by atoms with Crippen LogP contribution in [-0.2, 0) is 22.6 Å². The predicted octanol–water partition coefficient (Wildman–Crippen LogP) is 3.28. The molecule has 2 N–H and O–H groups in total. The Morgan fingerprint density at radius 2 is 2.12 bits per heavy atom. The first kappa shape index (κ1) is 20.5. The minimum atomic E-state index is -0.315. The number of hydrogen-bond donors (Lipinski definition) is 2. The molecule has 32 heavy (non-hydrogen) atoms. The van der Waals surface area contributed by atoms with E-state index in [1.807, 2.05) is 37.3 Å². The summed E-state index contributed by atoms with van der Waals surface area (Å²) in [5.74, 6) is 1.34. The average Bonchev–Trinajstić information content (AvgIpc) is 2.98. The second kappa shape index (κ2) is 7.91. The molecule has 0 aliphatic carbocycles. The number of para-hydroxylation sites is 1. The molecule has 1 aromatic carbocycles. The number of fused-ring (bicyclic) bond motifs is 2. The highest BCUT2D eigenvalue weighted by Crippen LogP contribution is 2.35. The Morgan fingerprint density at radius 3 is 2.88 bits per heavy atom. The molecule has 2 aliphatic rings. The molecule has 164 valence electrons. The van der Waals surface area contributed by atoms with E-state index in [9.17, 15) is 9.59 Å². The van der Waals surface area contributed by atoms with E-state index < -0.39 is 0 Å². The Morgan fingerprint density at radius 1 is 1.31 bits per heavy atom. The number of hydrogen-bond acceptors (Lipinski definition) is 5. The Kier molecular flexibility index (Phi) is 5.06. The minimum Gasteiger partial charge on any atom is -0.459 e. The summed E-state index contributed by atoms with van der Waals surface area (Å²) in [7, 11) is 1.76. The van der Waals surface area contributed by atoms with Crippen LogP contribution in [0.4, 0.5) is 5.82 Å². The maximum absolute atomic E-state index is 12.7. The fourth-order valence-corrected chi connectivity index (χ4v) is 4.38. The highest BCUT2D eigenvalue weighted by molar-refractivity contribution is 5.97. The van der Waals surface area contributed by atoms with Crippen molar-refractivity contribution < 1.29 is 14.0 Å². The van der Waals surface area contributed by atoms with Crippen molar-refractivity contribution in [1.29, 1.82) is 0 Å². The Balaban J connectivity index is 1.27. The molecule has 0 atom stereocenters. The monoisotopic (exact) mass is 430 g/mol. The molecule has 1 spiro atoms. The van der Waals surface area contributed by atoms with Crippen molar-refractivity contribution in [3.8, 4) is 0 Å². The third-order valence-corrected chi connectivity index (χ3v) is 6.62. The van der Waals surface area contributed by atoms with E-state index in [0.717, 1.165) is 46.3 Å². The average molecular weight is 431 g/mol. The number of nitrogens with one attached hydrogen (secondary N) is 2. The lowest BCUT2D eigenvalue weighted by molar-refractivity contribution is -0.128. The minimum absolute atomic E-state index is 0.0449. The molecule has 0 radical (unpaired) electrons. The smallest absolute Gasteiger partial charge is 0.246 e. The van der Waals surface area contributed by atoms with E-state index >= 15 is 0 Å². The zero-order valence-electron chi connectivity index (χ0n) is 18.3. The van der Waals surface area contributed by atoms with E-state index in [2.05, 4.69) is 15.6 Å². The summed E-state index contributed by atoms with van der Waals surface area (Å²) in [6.07, 6.45) is 6.58. The van der Waals surface area contributed by atoms with Crippen molar-refractivity contribution in [2.75, 3.05) is 25.5 Å². The fourth-order valence-electron chi connectivity index (χ4n) is 4.38. The number of carbonyl (C=O) groups is 2. The topological polar surface area (TPSA) is 87.5 Å². The lowest BCUT2D eigenvalue weighted by atomic mass is 9.77. The fraction of sp³-hybridized carbons (Fsp3) is 0.320. The van der Waals surface area contributed by atoms with Crippen LogP contribution >= 0.6 is 0 Å². The van der Waals surface area contributed by atoms with Crippen molar-refractivity contribution in [3.63, 3.8) is 0 Å². The molecular formula is C25H26N4O3. The van der Waals surface area contributed by atoms with Crippen LogP contribution in [-0.4, -0.2) is 41.8 Å². The summed E-state index contributed by atoms with van der Waals surface area (Å²) in [6, 6.07) is 9.88. The van der Waals surface area contributed by atoms with Crippen molar-refractivity contribution in [2.24, 2.45) is 5.41 Å². The van der Waals surface area contributed by atoms with Crippen LogP contribution < -0.4 is 10.6 Å². The zero-order valence-corrected chi connectivity index (χ0v) is 18.3. The number of rotatable bonds is 4. The molecular weight excluding hydrogens is 404 g/mol. The van der Waals surface area contributed by atoms with Gasteiger partial charge in [0.25, 0.3) is 0 Å². The molecule has 2 aromatic heterocycles. The number of nitrogens with zero attached hydrogens (tertiary/aromatic N) is 2. The van der Waals surface area contributed by atoms with Gasteiger partial charge in [0.05, 0.1) is 12.0 Å². The maximum Gasteiger partial charge on any atom is 0.246 e. The van der Waals surface area contributed by atoms with Gasteiger partial charge >= 0.3 is 0 Å². The number of likely N-dealkylation sites (N-methyl/N-ethyl adjacent to an activating group) is 1. The van der Waals surface area contributed by atoms with Crippen LogP contribution in [0.25, 0.3) is 17.0 Å². The molecule has 3 aromatic rings. The zero-order chi connectivity index (χ0) is 22.3. The number of furan rings is 1. The van der Waals surface area contributed by atoms with E-state index in [1.165, 1.54) is 0 Å². The Hall–Kier alpha value is -3.45. The molecule has 7 heteroatoms. The molecule has 0 unspecified atom stereocenters. The predicted molar refractivity (Wildman–Crippen MR) is 123 cm³/mol. The van der Waals surface area contributed by atoms with Crippen LogP contribution in [0.3, 0.4) is 0 Å². The quantitative estimate of drug-likeness (QED) is 0.621. The van der Waals surface area contributed by atoms with Gasteiger partial charge in [-0.1, -0.05) is 18.2 Å². The molecule has 5 rings (SSSR count). The normalized spacial score (nSPS) is 17.1. The van der Waals surface area contributed by atoms with E-state index in [-0.39, 0.29) is 17.2 Å². The molecule has 2 amide bonds. The first-order valence-electron chi connectivity index (χ1n) is 10.9. The van der Waals surface area contributed by atoms with Crippen molar-refractivity contribution in [3.05, 3.63) is 65.1 Å². The summed E-state index contributed by atoms with van der Waals surface area (Å²) in [5, 5.41) is 7.24. The number of amides is 2. The largest absolute Gasteiger partial charge is 0.459 e. The number of pyridine rings is 1. The highest BCUT2D eigenvalue weighted by Gasteiger charge is 2.45. The summed E-state index contributed by atoms with van der Waals surface area (Å²) >= 11 is 0. The third kappa shape index (κ3) is 3.58. The number of carbonyl (C=O) groups excluding carboxylic acids is 2. The maximum atomic E-state index is 12.7. The van der Waals surface area contributed by atoms with E-state index in [4.69, 9.17) is 4.42 Å². The summed E-state index contributed by atoms with van der Waals surface area (Å²) < 4.78 is 5.93. The summed E-state index contributed by atoms with van der Waals surface area (Å²) in [5.41, 5.74) is 3.41. The van der Waals surface area contributed by atoms with Gasteiger partial charge in [-0.15, -0.1) is 0 Å². The molecule has 2 aliphatic heterocycles. The lowest BCUT2D eigenvalue weighted by Crippen LogP contribution is -2.59. The summed E-state index contributed by atoms with van der Waals surface area (Å²) in [4.78, 5) is 31.3. The van der Waals surface area contributed by atoms with Gasteiger partial charge in [0.1, 0.15) is 17.2 Å².